The Balaban J connectivity index is 4.62. The molecule has 0 aromatic carbocycles. The number of carbonyl (C=O) groups is 4. The first-order chi connectivity index (χ1) is 18.0. The predicted octanol–water partition coefficient (Wildman–Crippen LogP) is 4.35. The van der Waals surface area contributed by atoms with Crippen molar-refractivity contribution in [3.8, 4) is 0 Å². The van der Waals surface area contributed by atoms with E-state index in [-0.39, 0.29) is 18.5 Å². The van der Waals surface area contributed by atoms with Gasteiger partial charge in [0.15, 0.2) is 17.2 Å². The Bertz CT molecular complexity index is 694. The predicted molar refractivity (Wildman–Crippen MR) is 144 cm³/mol. The molecule has 0 aliphatic carbocycles. The number of unbranched alkanes of at least 4 members (excludes halogenated alkanes) is 10. The van der Waals surface area contributed by atoms with Crippen molar-refractivity contribution in [2.24, 2.45) is 0 Å². The van der Waals surface area contributed by atoms with Crippen LogP contribution >= 0.6 is 0 Å². The number of hydrogen-bond acceptors (Lipinski definition) is 9. The SMILES string of the molecule is CCCCCCCCCCCCCC(CCCC(CC(=O)C(O)(CO)C(O)C(C)=O)OC(C)=O)OC(C)=O. The second kappa shape index (κ2) is 21.0. The van der Waals surface area contributed by atoms with Crippen LogP contribution in [-0.2, 0) is 28.7 Å². The van der Waals surface area contributed by atoms with Crippen LogP contribution in [0.15, 0.2) is 0 Å². The monoisotopic (exact) mass is 544 g/mol. The summed E-state index contributed by atoms with van der Waals surface area (Å²) < 4.78 is 10.7. The lowest BCUT2D eigenvalue weighted by molar-refractivity contribution is -0.168. The molecule has 0 rings (SSSR count). The molecule has 9 nitrogen and oxygen atoms in total. The van der Waals surface area contributed by atoms with E-state index in [1.165, 1.54) is 65.2 Å². The van der Waals surface area contributed by atoms with E-state index in [2.05, 4.69) is 6.92 Å². The molecule has 0 fully saturated rings. The fraction of sp³-hybridized carbons (Fsp3) is 0.862. The first-order valence-electron chi connectivity index (χ1n) is 14.4. The zero-order valence-corrected chi connectivity index (χ0v) is 24.0. The molecule has 0 bridgehead atoms. The zero-order valence-electron chi connectivity index (χ0n) is 24.0. The second-order valence-electron chi connectivity index (χ2n) is 10.4. The van der Waals surface area contributed by atoms with Crippen molar-refractivity contribution in [2.75, 3.05) is 6.61 Å². The van der Waals surface area contributed by atoms with Crippen molar-refractivity contribution < 1.29 is 44.0 Å². The number of carbonyl (C=O) groups excluding carboxylic acids is 4. The van der Waals surface area contributed by atoms with Crippen LogP contribution < -0.4 is 0 Å². The number of aliphatic hydroxyl groups is 3. The van der Waals surface area contributed by atoms with Crippen LogP contribution in [0.3, 0.4) is 0 Å². The Morgan fingerprint density at radius 2 is 1.11 bits per heavy atom. The molecule has 222 valence electrons. The van der Waals surface area contributed by atoms with E-state index < -0.39 is 48.4 Å². The van der Waals surface area contributed by atoms with Crippen LogP contribution in [0.1, 0.15) is 130 Å². The Labute approximate surface area is 228 Å². The van der Waals surface area contributed by atoms with E-state index in [1.54, 1.807) is 0 Å². The number of Topliss-reactive ketones (excluding diaryl/α,β-unsaturated/α-hetero) is 2. The van der Waals surface area contributed by atoms with Gasteiger partial charge in [0.2, 0.25) is 0 Å². The number of ketones is 2. The van der Waals surface area contributed by atoms with Crippen LogP contribution in [0.25, 0.3) is 0 Å². The molecule has 0 spiro atoms. The smallest absolute Gasteiger partial charge is 0.302 e. The number of esters is 2. The maximum atomic E-state index is 12.6. The number of rotatable bonds is 24. The van der Waals surface area contributed by atoms with Gasteiger partial charge in [0.05, 0.1) is 6.61 Å². The molecule has 0 aliphatic rings. The first kappa shape index (κ1) is 36.2. The summed E-state index contributed by atoms with van der Waals surface area (Å²) in [6.45, 7) is 4.62. The fourth-order valence-corrected chi connectivity index (χ4v) is 4.59. The van der Waals surface area contributed by atoms with E-state index in [9.17, 15) is 34.5 Å². The molecule has 0 radical (unpaired) electrons. The maximum absolute atomic E-state index is 12.6. The average molecular weight is 545 g/mol. The van der Waals surface area contributed by atoms with E-state index in [4.69, 9.17) is 9.47 Å². The van der Waals surface area contributed by atoms with E-state index in [0.717, 1.165) is 32.6 Å². The number of aliphatic hydroxyl groups excluding tert-OH is 2. The summed E-state index contributed by atoms with van der Waals surface area (Å²) in [5.74, 6) is -2.85. The van der Waals surface area contributed by atoms with Crippen LogP contribution in [0.2, 0.25) is 0 Å². The third-order valence-electron chi connectivity index (χ3n) is 6.82. The van der Waals surface area contributed by atoms with Crippen molar-refractivity contribution in [1.82, 2.24) is 0 Å². The molecule has 9 heteroatoms. The Morgan fingerprint density at radius 1 is 0.684 bits per heavy atom. The summed E-state index contributed by atoms with van der Waals surface area (Å²) in [4.78, 5) is 47.2. The topological polar surface area (TPSA) is 147 Å². The highest BCUT2D eigenvalue weighted by molar-refractivity contribution is 5.95. The van der Waals surface area contributed by atoms with Crippen molar-refractivity contribution in [3.05, 3.63) is 0 Å². The van der Waals surface area contributed by atoms with Gasteiger partial charge in [0.1, 0.15) is 18.3 Å². The average Bonchev–Trinajstić information content (AvgIpc) is 2.85. The normalized spacial score (nSPS) is 15.2. The fourth-order valence-electron chi connectivity index (χ4n) is 4.59. The maximum Gasteiger partial charge on any atom is 0.302 e. The van der Waals surface area contributed by atoms with Crippen molar-refractivity contribution in [3.63, 3.8) is 0 Å². The first-order valence-corrected chi connectivity index (χ1v) is 14.4. The van der Waals surface area contributed by atoms with Crippen LogP contribution in [0, 0.1) is 0 Å². The van der Waals surface area contributed by atoms with Gasteiger partial charge in [-0.05, 0) is 39.0 Å². The van der Waals surface area contributed by atoms with Crippen LogP contribution in [0.4, 0.5) is 0 Å². The molecule has 0 saturated carbocycles. The standard InChI is InChI=1S/C29H52O9/c1-5-6-7-8-9-10-11-12-13-14-15-17-25(37-23(3)32)18-16-19-26(38-24(4)33)20-27(34)29(36,21-30)28(35)22(2)31/h25-26,28,30,35-36H,5-21H2,1-4H3. The summed E-state index contributed by atoms with van der Waals surface area (Å²) in [6, 6.07) is 0. The summed E-state index contributed by atoms with van der Waals surface area (Å²) >= 11 is 0. The van der Waals surface area contributed by atoms with Gasteiger partial charge in [0.25, 0.3) is 0 Å². The van der Waals surface area contributed by atoms with Gasteiger partial charge in [-0.15, -0.1) is 0 Å². The van der Waals surface area contributed by atoms with Gasteiger partial charge < -0.3 is 24.8 Å². The number of hydrogen-bond donors (Lipinski definition) is 3. The minimum absolute atomic E-state index is 0.249. The Morgan fingerprint density at radius 3 is 1.55 bits per heavy atom. The lowest BCUT2D eigenvalue weighted by Gasteiger charge is -2.29. The van der Waals surface area contributed by atoms with Crippen LogP contribution in [-0.4, -0.2) is 69.3 Å². The summed E-state index contributed by atoms with van der Waals surface area (Å²) in [7, 11) is 0. The number of ether oxygens (including phenoxy) is 2. The van der Waals surface area contributed by atoms with Crippen molar-refractivity contribution in [2.45, 2.75) is 154 Å². The van der Waals surface area contributed by atoms with Crippen LogP contribution in [0.5, 0.6) is 0 Å². The van der Waals surface area contributed by atoms with Crippen molar-refractivity contribution in [1.29, 1.82) is 0 Å². The van der Waals surface area contributed by atoms with E-state index >= 15 is 0 Å². The minimum Gasteiger partial charge on any atom is -0.463 e. The highest BCUT2D eigenvalue weighted by atomic mass is 16.5. The molecule has 4 unspecified atom stereocenters. The molecular formula is C29H52O9. The Hall–Kier alpha value is -1.84. The Kier molecular flexibility index (Phi) is 20.0. The third kappa shape index (κ3) is 16.2. The van der Waals surface area contributed by atoms with Gasteiger partial charge in [0, 0.05) is 20.3 Å². The quantitative estimate of drug-likeness (QED) is 0.119. The molecule has 3 N–H and O–H groups in total. The van der Waals surface area contributed by atoms with E-state index in [0.29, 0.717) is 12.8 Å². The summed E-state index contributed by atoms with van der Waals surface area (Å²) in [5.41, 5.74) is -2.67. The largest absolute Gasteiger partial charge is 0.463 e. The third-order valence-corrected chi connectivity index (χ3v) is 6.82. The molecule has 38 heavy (non-hydrogen) atoms. The molecular weight excluding hydrogens is 492 g/mol. The van der Waals surface area contributed by atoms with Crippen molar-refractivity contribution >= 4 is 23.5 Å². The minimum atomic E-state index is -2.67. The molecule has 0 aliphatic heterocycles. The molecule has 0 aromatic rings. The van der Waals surface area contributed by atoms with E-state index in [1.807, 2.05) is 0 Å². The molecule has 0 saturated heterocycles. The molecule has 0 heterocycles. The highest BCUT2D eigenvalue weighted by Crippen LogP contribution is 2.22. The summed E-state index contributed by atoms with van der Waals surface area (Å²) in [6.07, 6.45) is 11.7. The van der Waals surface area contributed by atoms with Gasteiger partial charge in [-0.3, -0.25) is 19.2 Å². The van der Waals surface area contributed by atoms with Gasteiger partial charge >= 0.3 is 11.9 Å². The zero-order chi connectivity index (χ0) is 29.0. The highest BCUT2D eigenvalue weighted by Gasteiger charge is 2.45. The molecule has 0 aromatic heterocycles. The molecule has 4 atom stereocenters. The van der Waals surface area contributed by atoms with Gasteiger partial charge in [-0.25, -0.2) is 0 Å². The van der Waals surface area contributed by atoms with Gasteiger partial charge in [-0.2, -0.15) is 0 Å². The lowest BCUT2D eigenvalue weighted by atomic mass is 9.86. The summed E-state index contributed by atoms with van der Waals surface area (Å²) in [5, 5.41) is 29.8. The second-order valence-corrected chi connectivity index (χ2v) is 10.4. The van der Waals surface area contributed by atoms with Gasteiger partial charge in [-0.1, -0.05) is 71.1 Å². The lowest BCUT2D eigenvalue weighted by Crippen LogP contribution is -2.56. The molecule has 0 amide bonds.